The summed E-state index contributed by atoms with van der Waals surface area (Å²) in [6, 6.07) is 10.5. The van der Waals surface area contributed by atoms with Gasteiger partial charge in [0.15, 0.2) is 0 Å². The van der Waals surface area contributed by atoms with Crippen LogP contribution in [-0.4, -0.2) is 36.1 Å². The van der Waals surface area contributed by atoms with Crippen LogP contribution in [0.15, 0.2) is 30.3 Å². The topological polar surface area (TPSA) is 29.5 Å². The smallest absolute Gasteiger partial charge is 0.223 e. The Morgan fingerprint density at radius 2 is 1.83 bits per heavy atom. The molecule has 0 N–H and O–H groups in total. The summed E-state index contributed by atoms with van der Waals surface area (Å²) in [5.74, 6) is 0.238. The number of hydrogen-bond donors (Lipinski definition) is 0. The van der Waals surface area contributed by atoms with E-state index in [1.54, 1.807) is 0 Å². The van der Waals surface area contributed by atoms with Gasteiger partial charge in [-0.05, 0) is 25.8 Å². The summed E-state index contributed by atoms with van der Waals surface area (Å²) in [4.78, 5) is 14.2. The normalized spacial score (nSPS) is 24.0. The summed E-state index contributed by atoms with van der Waals surface area (Å²) >= 11 is 0. The summed E-state index contributed by atoms with van der Waals surface area (Å²) in [6.45, 7) is 5.41. The van der Waals surface area contributed by atoms with Crippen LogP contribution in [0.4, 0.5) is 0 Å². The molecule has 0 spiro atoms. The van der Waals surface area contributed by atoms with Crippen molar-refractivity contribution in [2.75, 3.05) is 13.2 Å². The molecule has 0 saturated carbocycles. The van der Waals surface area contributed by atoms with Gasteiger partial charge < -0.3 is 9.64 Å². The second-order valence-corrected chi connectivity index (χ2v) is 5.02. The van der Waals surface area contributed by atoms with Crippen molar-refractivity contribution in [3.05, 3.63) is 35.9 Å². The molecule has 1 aliphatic rings. The van der Waals surface area contributed by atoms with Gasteiger partial charge in [-0.15, -0.1) is 0 Å². The Labute approximate surface area is 109 Å². The fourth-order valence-electron chi connectivity index (χ4n) is 2.52. The van der Waals surface area contributed by atoms with Crippen molar-refractivity contribution in [3.63, 3.8) is 0 Å². The van der Waals surface area contributed by atoms with Gasteiger partial charge >= 0.3 is 0 Å². The van der Waals surface area contributed by atoms with E-state index in [1.807, 2.05) is 23.1 Å². The van der Waals surface area contributed by atoms with E-state index in [4.69, 9.17) is 4.74 Å². The first-order valence-electron chi connectivity index (χ1n) is 6.61. The molecule has 0 radical (unpaired) electrons. The minimum Gasteiger partial charge on any atom is -0.377 e. The lowest BCUT2D eigenvalue weighted by atomic mass is 10.1. The Balaban J connectivity index is 1.91. The lowest BCUT2D eigenvalue weighted by Crippen LogP contribution is -2.52. The summed E-state index contributed by atoms with van der Waals surface area (Å²) in [5.41, 5.74) is 1.22. The van der Waals surface area contributed by atoms with Crippen LogP contribution in [0.2, 0.25) is 0 Å². The van der Waals surface area contributed by atoms with Gasteiger partial charge in [-0.25, -0.2) is 0 Å². The van der Waals surface area contributed by atoms with Crippen molar-refractivity contribution in [3.8, 4) is 0 Å². The second-order valence-electron chi connectivity index (χ2n) is 5.02. The Bertz CT molecular complexity index is 381. The molecule has 0 unspecified atom stereocenters. The van der Waals surface area contributed by atoms with E-state index in [9.17, 15) is 4.79 Å². The van der Waals surface area contributed by atoms with Crippen molar-refractivity contribution in [1.29, 1.82) is 0 Å². The number of ether oxygens (including phenoxy) is 1. The largest absolute Gasteiger partial charge is 0.377 e. The number of carbonyl (C=O) groups excluding carboxylic acids is 1. The number of nitrogens with zero attached hydrogens (tertiary/aromatic N) is 1. The molecule has 0 aliphatic carbocycles. The van der Waals surface area contributed by atoms with Crippen LogP contribution in [0.3, 0.4) is 0 Å². The monoisotopic (exact) mass is 247 g/mol. The van der Waals surface area contributed by atoms with Crippen molar-refractivity contribution in [1.82, 2.24) is 4.90 Å². The maximum Gasteiger partial charge on any atom is 0.223 e. The van der Waals surface area contributed by atoms with Crippen molar-refractivity contribution >= 4 is 5.91 Å². The zero-order chi connectivity index (χ0) is 13.0. The van der Waals surface area contributed by atoms with Gasteiger partial charge in [0.25, 0.3) is 0 Å². The lowest BCUT2D eigenvalue weighted by Gasteiger charge is -2.38. The molecule has 1 aromatic carbocycles. The molecule has 3 heteroatoms. The molecular weight excluding hydrogens is 226 g/mol. The molecule has 18 heavy (non-hydrogen) atoms. The summed E-state index contributed by atoms with van der Waals surface area (Å²) in [6.07, 6.45) is 1.40. The van der Waals surface area contributed by atoms with Crippen LogP contribution in [0.25, 0.3) is 0 Å². The quantitative estimate of drug-likeness (QED) is 0.820. The van der Waals surface area contributed by atoms with Crippen molar-refractivity contribution in [2.45, 2.75) is 38.8 Å². The highest BCUT2D eigenvalue weighted by molar-refractivity contribution is 5.77. The van der Waals surface area contributed by atoms with Gasteiger partial charge in [0.2, 0.25) is 5.91 Å². The third-order valence-corrected chi connectivity index (χ3v) is 3.43. The van der Waals surface area contributed by atoms with Crippen LogP contribution in [-0.2, 0) is 16.0 Å². The molecular formula is C15H21NO2. The zero-order valence-corrected chi connectivity index (χ0v) is 11.1. The van der Waals surface area contributed by atoms with Gasteiger partial charge in [0, 0.05) is 6.42 Å². The molecule has 98 valence electrons. The maximum absolute atomic E-state index is 12.3. The number of aryl methyl sites for hydroxylation is 1. The van der Waals surface area contributed by atoms with Crippen LogP contribution >= 0.6 is 0 Å². The summed E-state index contributed by atoms with van der Waals surface area (Å²) in [7, 11) is 0. The molecule has 3 nitrogen and oxygen atoms in total. The molecule has 1 heterocycles. The minimum atomic E-state index is 0.192. The van der Waals surface area contributed by atoms with E-state index in [-0.39, 0.29) is 18.0 Å². The molecule has 0 aromatic heterocycles. The Morgan fingerprint density at radius 3 is 2.44 bits per heavy atom. The van der Waals surface area contributed by atoms with E-state index in [2.05, 4.69) is 26.0 Å². The maximum atomic E-state index is 12.3. The number of rotatable bonds is 3. The first-order valence-corrected chi connectivity index (χ1v) is 6.61. The predicted molar refractivity (Wildman–Crippen MR) is 71.4 cm³/mol. The second kappa shape index (κ2) is 6.01. The molecule has 2 atom stereocenters. The van der Waals surface area contributed by atoms with E-state index >= 15 is 0 Å². The number of amides is 1. The number of carbonyl (C=O) groups is 1. The molecule has 1 amide bonds. The minimum absolute atomic E-state index is 0.192. The Hall–Kier alpha value is -1.35. The number of morpholine rings is 1. The highest BCUT2D eigenvalue weighted by Crippen LogP contribution is 2.15. The van der Waals surface area contributed by atoms with Gasteiger partial charge in [-0.1, -0.05) is 30.3 Å². The molecule has 1 aromatic rings. The molecule has 0 bridgehead atoms. The SMILES string of the molecule is C[C@@H]1COC[C@H](C)N1C(=O)CCc1ccccc1. The average molecular weight is 247 g/mol. The average Bonchev–Trinajstić information content (AvgIpc) is 2.37. The third-order valence-electron chi connectivity index (χ3n) is 3.43. The molecule has 2 rings (SSSR count). The lowest BCUT2D eigenvalue weighted by molar-refractivity contribution is -0.144. The van der Waals surface area contributed by atoms with E-state index < -0.39 is 0 Å². The molecule has 1 fully saturated rings. The van der Waals surface area contributed by atoms with Gasteiger partial charge in [0.1, 0.15) is 0 Å². The molecule has 1 saturated heterocycles. The number of benzene rings is 1. The van der Waals surface area contributed by atoms with Crippen LogP contribution in [0, 0.1) is 0 Å². The van der Waals surface area contributed by atoms with Gasteiger partial charge in [-0.2, -0.15) is 0 Å². The van der Waals surface area contributed by atoms with E-state index in [0.717, 1.165) is 6.42 Å². The van der Waals surface area contributed by atoms with Crippen LogP contribution in [0.5, 0.6) is 0 Å². The molecule has 1 aliphatic heterocycles. The fourth-order valence-corrected chi connectivity index (χ4v) is 2.52. The Kier molecular flexibility index (Phi) is 4.37. The highest BCUT2D eigenvalue weighted by atomic mass is 16.5. The van der Waals surface area contributed by atoms with Crippen LogP contribution in [0.1, 0.15) is 25.8 Å². The third kappa shape index (κ3) is 3.10. The van der Waals surface area contributed by atoms with E-state index in [0.29, 0.717) is 19.6 Å². The van der Waals surface area contributed by atoms with Gasteiger partial charge in [0.05, 0.1) is 25.3 Å². The Morgan fingerprint density at radius 1 is 1.22 bits per heavy atom. The van der Waals surface area contributed by atoms with Crippen molar-refractivity contribution in [2.24, 2.45) is 0 Å². The summed E-state index contributed by atoms with van der Waals surface area (Å²) < 4.78 is 5.44. The fraction of sp³-hybridized carbons (Fsp3) is 0.533. The van der Waals surface area contributed by atoms with Gasteiger partial charge in [-0.3, -0.25) is 4.79 Å². The summed E-state index contributed by atoms with van der Waals surface area (Å²) in [5, 5.41) is 0. The highest BCUT2D eigenvalue weighted by Gasteiger charge is 2.28. The first-order chi connectivity index (χ1) is 8.68. The van der Waals surface area contributed by atoms with Crippen LogP contribution < -0.4 is 0 Å². The zero-order valence-electron chi connectivity index (χ0n) is 11.1. The number of hydrogen-bond acceptors (Lipinski definition) is 2. The van der Waals surface area contributed by atoms with E-state index in [1.165, 1.54) is 5.56 Å². The van der Waals surface area contributed by atoms with Crippen molar-refractivity contribution < 1.29 is 9.53 Å². The first kappa shape index (κ1) is 13.1. The predicted octanol–water partition coefficient (Wildman–Crippen LogP) is 2.25. The standard InChI is InChI=1S/C15H21NO2/c1-12-10-18-11-13(2)16(12)15(17)9-8-14-6-4-3-5-7-14/h3-7,12-13H,8-11H2,1-2H3/t12-,13+.